The van der Waals surface area contributed by atoms with Gasteiger partial charge in [0.25, 0.3) is 0 Å². The van der Waals surface area contributed by atoms with E-state index in [1.807, 2.05) is 33.8 Å². The van der Waals surface area contributed by atoms with Crippen molar-refractivity contribution in [2.45, 2.75) is 32.4 Å². The third-order valence-corrected chi connectivity index (χ3v) is 4.27. The van der Waals surface area contributed by atoms with Gasteiger partial charge in [-0.05, 0) is 51.4 Å². The van der Waals surface area contributed by atoms with Crippen LogP contribution in [0.1, 0.15) is 33.3 Å². The maximum atomic E-state index is 12.0. The summed E-state index contributed by atoms with van der Waals surface area (Å²) in [4.78, 5) is 8.11. The summed E-state index contributed by atoms with van der Waals surface area (Å²) in [5.41, 5.74) is 1.49. The highest BCUT2D eigenvalue weighted by atomic mass is 35.5. The van der Waals surface area contributed by atoms with Gasteiger partial charge in [-0.3, -0.25) is 0 Å². The molecule has 0 saturated heterocycles. The normalized spacial score (nSPS) is 14.3. The van der Waals surface area contributed by atoms with Crippen LogP contribution in [-0.2, 0) is 11.4 Å². The van der Waals surface area contributed by atoms with Crippen LogP contribution in [0.4, 0.5) is 0 Å². The molecule has 21 heavy (non-hydrogen) atoms. The molecule has 0 saturated carbocycles. The van der Waals surface area contributed by atoms with E-state index in [4.69, 9.17) is 11.6 Å². The number of hydrogen-bond donors (Lipinski definition) is 0. The van der Waals surface area contributed by atoms with Crippen molar-refractivity contribution in [3.05, 3.63) is 35.5 Å². The Labute approximate surface area is 131 Å². The van der Waals surface area contributed by atoms with Gasteiger partial charge in [-0.25, -0.2) is 14.6 Å². The van der Waals surface area contributed by atoms with Crippen molar-refractivity contribution in [1.29, 1.82) is 0 Å². The zero-order valence-corrected chi connectivity index (χ0v) is 13.8. The highest BCUT2D eigenvalue weighted by Crippen LogP contribution is 2.18. The Bertz CT molecular complexity index is 647. The fourth-order valence-corrected chi connectivity index (χ4v) is 2.16. The van der Waals surface area contributed by atoms with E-state index in [1.54, 1.807) is 12.3 Å². The second-order valence-corrected chi connectivity index (χ2v) is 7.65. The first-order valence-electron chi connectivity index (χ1n) is 6.28. The van der Waals surface area contributed by atoms with Gasteiger partial charge in [-0.15, -0.1) is 5.10 Å². The molecule has 0 radical (unpaired) electrons. The van der Waals surface area contributed by atoms with Gasteiger partial charge in [-0.2, -0.15) is 0 Å². The smallest absolute Gasteiger partial charge is 0.242 e. The summed E-state index contributed by atoms with van der Waals surface area (Å²) in [6.45, 7) is 7.47. The summed E-state index contributed by atoms with van der Waals surface area (Å²) in [5, 5.41) is 4.13. The topological polar surface area (TPSA) is 79.0 Å². The Morgan fingerprint density at radius 2 is 2.05 bits per heavy atom. The van der Waals surface area contributed by atoms with Crippen molar-refractivity contribution in [3.63, 3.8) is 0 Å². The van der Waals surface area contributed by atoms with E-state index in [0.29, 0.717) is 11.5 Å². The molecule has 2 heterocycles. The van der Waals surface area contributed by atoms with Gasteiger partial charge in [-0.1, -0.05) is 4.40 Å². The molecule has 0 amide bonds. The van der Waals surface area contributed by atoms with Crippen LogP contribution >= 0.6 is 11.6 Å². The van der Waals surface area contributed by atoms with Gasteiger partial charge >= 0.3 is 0 Å². The van der Waals surface area contributed by atoms with Gasteiger partial charge in [0.05, 0.1) is 5.71 Å². The fourth-order valence-electron chi connectivity index (χ4n) is 1.40. The molecule has 1 unspecified atom stereocenters. The number of rotatable bonds is 3. The SMILES string of the molecule is C/C(=N\[S+]([O-])C(C)(C)C)c1ccc(-n2cnc(Cl)n2)nc1. The van der Waals surface area contributed by atoms with Crippen molar-refractivity contribution < 1.29 is 4.55 Å². The fraction of sp³-hybridized carbons (Fsp3) is 0.385. The maximum Gasteiger partial charge on any atom is 0.242 e. The highest BCUT2D eigenvalue weighted by molar-refractivity contribution is 7.91. The third kappa shape index (κ3) is 4.03. The van der Waals surface area contributed by atoms with E-state index in [9.17, 15) is 4.55 Å². The first-order valence-corrected chi connectivity index (χ1v) is 7.77. The summed E-state index contributed by atoms with van der Waals surface area (Å²) in [7, 11) is 0. The Kier molecular flexibility index (Phi) is 4.65. The Hall–Kier alpha value is -1.44. The first-order chi connectivity index (χ1) is 9.77. The summed E-state index contributed by atoms with van der Waals surface area (Å²) in [5.74, 6) is 0.600. The third-order valence-electron chi connectivity index (χ3n) is 2.61. The van der Waals surface area contributed by atoms with Gasteiger partial charge in [0.2, 0.25) is 5.28 Å². The van der Waals surface area contributed by atoms with E-state index in [1.165, 1.54) is 11.0 Å². The van der Waals surface area contributed by atoms with Crippen LogP contribution in [0.3, 0.4) is 0 Å². The van der Waals surface area contributed by atoms with Crippen LogP contribution in [0, 0.1) is 0 Å². The van der Waals surface area contributed by atoms with Crippen molar-refractivity contribution in [2.24, 2.45) is 4.40 Å². The number of halogens is 1. The molecule has 2 aromatic heterocycles. The second-order valence-electron chi connectivity index (χ2n) is 5.40. The second kappa shape index (κ2) is 6.13. The number of aromatic nitrogens is 4. The molecule has 0 bridgehead atoms. The van der Waals surface area contributed by atoms with E-state index < -0.39 is 11.4 Å². The van der Waals surface area contributed by atoms with Crippen molar-refractivity contribution in [2.75, 3.05) is 0 Å². The van der Waals surface area contributed by atoms with Crippen molar-refractivity contribution >= 4 is 28.7 Å². The molecule has 0 aliphatic rings. The average Bonchev–Trinajstić information content (AvgIpc) is 2.84. The summed E-state index contributed by atoms with van der Waals surface area (Å²) in [6.07, 6.45) is 3.14. The Balaban J connectivity index is 2.21. The van der Waals surface area contributed by atoms with Crippen LogP contribution < -0.4 is 0 Å². The predicted octanol–water partition coefficient (Wildman–Crippen LogP) is 2.59. The standard InChI is InChI=1S/C13H16ClN5OS/c1-9(18-21(20)13(2,3)4)10-5-6-11(15-7-10)19-8-16-12(14)17-19/h5-8H,1-4H3/b18-9+. The number of pyridine rings is 1. The lowest BCUT2D eigenvalue weighted by Crippen LogP contribution is -2.26. The molecular weight excluding hydrogens is 310 g/mol. The number of nitrogens with zero attached hydrogens (tertiary/aromatic N) is 5. The minimum atomic E-state index is -1.29. The number of hydrogen-bond acceptors (Lipinski definition) is 5. The lowest BCUT2D eigenvalue weighted by molar-refractivity contribution is 0.561. The lowest BCUT2D eigenvalue weighted by Gasteiger charge is -2.18. The molecule has 1 atom stereocenters. The minimum Gasteiger partial charge on any atom is -0.591 e. The monoisotopic (exact) mass is 325 g/mol. The van der Waals surface area contributed by atoms with Crippen LogP contribution in [-0.4, -0.2) is 34.8 Å². The van der Waals surface area contributed by atoms with E-state index >= 15 is 0 Å². The molecule has 0 fully saturated rings. The zero-order chi connectivity index (χ0) is 15.6. The maximum absolute atomic E-state index is 12.0. The quantitative estimate of drug-likeness (QED) is 0.641. The Morgan fingerprint density at radius 3 is 2.52 bits per heavy atom. The predicted molar refractivity (Wildman–Crippen MR) is 84.3 cm³/mol. The van der Waals surface area contributed by atoms with Crippen LogP contribution in [0.2, 0.25) is 5.28 Å². The lowest BCUT2D eigenvalue weighted by atomic mass is 10.2. The summed E-state index contributed by atoms with van der Waals surface area (Å²) in [6, 6.07) is 3.62. The minimum absolute atomic E-state index is 0.166. The molecular formula is C13H16ClN5OS. The van der Waals surface area contributed by atoms with E-state index in [-0.39, 0.29) is 10.0 Å². The van der Waals surface area contributed by atoms with E-state index in [2.05, 4.69) is 19.5 Å². The molecule has 6 nitrogen and oxygen atoms in total. The molecule has 0 aliphatic carbocycles. The molecule has 2 rings (SSSR count). The molecule has 2 aromatic rings. The molecule has 0 aliphatic heterocycles. The Morgan fingerprint density at radius 1 is 1.33 bits per heavy atom. The molecule has 112 valence electrons. The van der Waals surface area contributed by atoms with Gasteiger partial charge in [0.15, 0.2) is 5.82 Å². The van der Waals surface area contributed by atoms with E-state index in [0.717, 1.165) is 5.56 Å². The summed E-state index contributed by atoms with van der Waals surface area (Å²) >= 11 is 4.38. The van der Waals surface area contributed by atoms with Gasteiger partial charge in [0, 0.05) is 11.8 Å². The zero-order valence-electron chi connectivity index (χ0n) is 12.2. The average molecular weight is 326 g/mol. The molecule has 0 N–H and O–H groups in total. The first kappa shape index (κ1) is 15.9. The van der Waals surface area contributed by atoms with Crippen molar-refractivity contribution in [1.82, 2.24) is 19.7 Å². The van der Waals surface area contributed by atoms with Crippen LogP contribution in [0.15, 0.2) is 29.1 Å². The molecule has 8 heteroatoms. The van der Waals surface area contributed by atoms with Crippen LogP contribution in [0.5, 0.6) is 0 Å². The highest BCUT2D eigenvalue weighted by Gasteiger charge is 2.26. The van der Waals surface area contributed by atoms with Gasteiger partial charge in [0.1, 0.15) is 22.4 Å². The largest absolute Gasteiger partial charge is 0.591 e. The van der Waals surface area contributed by atoms with Crippen LogP contribution in [0.25, 0.3) is 5.82 Å². The molecule has 0 spiro atoms. The molecule has 0 aromatic carbocycles. The van der Waals surface area contributed by atoms with Crippen molar-refractivity contribution in [3.8, 4) is 5.82 Å². The van der Waals surface area contributed by atoms with Gasteiger partial charge < -0.3 is 4.55 Å². The summed E-state index contributed by atoms with van der Waals surface area (Å²) < 4.78 is 17.3.